The van der Waals surface area contributed by atoms with Gasteiger partial charge in [-0.15, -0.1) is 0 Å². The second-order valence-corrected chi connectivity index (χ2v) is 9.46. The molecule has 33 heavy (non-hydrogen) atoms. The first-order valence-electron chi connectivity index (χ1n) is 11.8. The van der Waals surface area contributed by atoms with Crippen LogP contribution in [-0.4, -0.2) is 70.1 Å². The molecule has 1 fully saturated rings. The zero-order valence-corrected chi connectivity index (χ0v) is 19.6. The summed E-state index contributed by atoms with van der Waals surface area (Å²) in [4.78, 5) is 30.8. The monoisotopic (exact) mass is 448 g/mol. The average molecular weight is 449 g/mol. The molecule has 0 aliphatic carbocycles. The van der Waals surface area contributed by atoms with Crippen molar-refractivity contribution in [2.45, 2.75) is 32.7 Å². The minimum Gasteiger partial charge on any atom is -0.369 e. The van der Waals surface area contributed by atoms with E-state index < -0.39 is 0 Å². The van der Waals surface area contributed by atoms with Crippen LogP contribution in [0.3, 0.4) is 0 Å². The smallest absolute Gasteiger partial charge is 0.270 e. The number of amides is 1. The van der Waals surface area contributed by atoms with Gasteiger partial charge in [0.2, 0.25) is 5.95 Å². The lowest BCUT2D eigenvalue weighted by molar-refractivity contribution is 0.0710. The molecular weight excluding hydrogens is 416 g/mol. The minimum atomic E-state index is 0.0310. The van der Waals surface area contributed by atoms with Crippen LogP contribution in [0.2, 0.25) is 0 Å². The van der Waals surface area contributed by atoms with Crippen molar-refractivity contribution in [2.75, 3.05) is 50.0 Å². The summed E-state index contributed by atoms with van der Waals surface area (Å²) in [5.74, 6) is 1.73. The molecule has 1 atom stereocenters. The highest BCUT2D eigenvalue weighted by Gasteiger charge is 2.32. The topological polar surface area (TPSA) is 91.2 Å². The van der Waals surface area contributed by atoms with Crippen molar-refractivity contribution >= 4 is 34.4 Å². The third-order valence-corrected chi connectivity index (χ3v) is 6.43. The minimum absolute atomic E-state index is 0.0310. The molecule has 2 aliphatic heterocycles. The maximum absolute atomic E-state index is 12.8. The Morgan fingerprint density at radius 2 is 2.06 bits per heavy atom. The first-order chi connectivity index (χ1) is 16.0. The van der Waals surface area contributed by atoms with Crippen LogP contribution in [-0.2, 0) is 0 Å². The van der Waals surface area contributed by atoms with Gasteiger partial charge in [-0.2, -0.15) is 4.98 Å². The second kappa shape index (κ2) is 8.97. The van der Waals surface area contributed by atoms with Crippen LogP contribution < -0.4 is 15.5 Å². The normalized spacial score (nSPS) is 19.2. The van der Waals surface area contributed by atoms with Crippen molar-refractivity contribution in [2.24, 2.45) is 5.92 Å². The van der Waals surface area contributed by atoms with Crippen LogP contribution in [0.4, 0.5) is 17.5 Å². The number of carbonyl (C=O) groups excluding carboxylic acids is 1. The molecule has 0 spiro atoms. The summed E-state index contributed by atoms with van der Waals surface area (Å²) in [7, 11) is 1.87. The van der Waals surface area contributed by atoms with Crippen LogP contribution in [0.25, 0.3) is 11.0 Å². The summed E-state index contributed by atoms with van der Waals surface area (Å²) in [5, 5.41) is 7.55. The highest BCUT2D eigenvalue weighted by Crippen LogP contribution is 2.32. The largest absolute Gasteiger partial charge is 0.369 e. The molecule has 174 valence electrons. The van der Waals surface area contributed by atoms with Crippen LogP contribution in [0.5, 0.6) is 0 Å². The molecule has 0 saturated carbocycles. The number of fused-ring (bicyclic) bond motifs is 3. The molecule has 3 aromatic rings. The van der Waals surface area contributed by atoms with E-state index in [1.54, 1.807) is 11.1 Å². The van der Waals surface area contributed by atoms with Gasteiger partial charge in [-0.1, -0.05) is 13.8 Å². The van der Waals surface area contributed by atoms with Crippen LogP contribution in [0.1, 0.15) is 43.2 Å². The summed E-state index contributed by atoms with van der Waals surface area (Å²) in [5.41, 5.74) is 2.61. The van der Waals surface area contributed by atoms with E-state index in [0.29, 0.717) is 29.9 Å². The second-order valence-electron chi connectivity index (χ2n) is 9.46. The number of carbonyl (C=O) groups is 1. The van der Waals surface area contributed by atoms with Crippen molar-refractivity contribution in [1.82, 2.24) is 29.7 Å². The lowest BCUT2D eigenvalue weighted by Gasteiger charge is -2.33. The predicted molar refractivity (Wildman–Crippen MR) is 130 cm³/mol. The highest BCUT2D eigenvalue weighted by molar-refractivity contribution is 5.98. The van der Waals surface area contributed by atoms with E-state index in [1.165, 1.54) is 0 Å². The number of likely N-dealkylation sites (N-methyl/N-ethyl adjacent to an activating group) is 1. The fourth-order valence-electron chi connectivity index (χ4n) is 4.87. The van der Waals surface area contributed by atoms with E-state index >= 15 is 0 Å². The summed E-state index contributed by atoms with van der Waals surface area (Å²) in [6, 6.07) is 6.16. The maximum Gasteiger partial charge on any atom is 0.270 e. The Bertz CT molecular complexity index is 1130. The lowest BCUT2D eigenvalue weighted by Crippen LogP contribution is -2.40. The predicted octanol–water partition coefficient (Wildman–Crippen LogP) is 3.04. The Balaban J connectivity index is 1.41. The van der Waals surface area contributed by atoms with Gasteiger partial charge in [0.15, 0.2) is 0 Å². The van der Waals surface area contributed by atoms with Crippen LogP contribution in [0, 0.1) is 5.92 Å². The SMILES string of the molecule is CC(C)C[C@H]1CN(C)C(=O)c2cc3cnc(Nc4ccc(N5CCCNCC5)cn4)nc3n21. The molecule has 1 amide bonds. The zero-order valence-electron chi connectivity index (χ0n) is 19.6. The standard InChI is InChI=1S/C24H32N8O/c1-16(2)11-19-15-30(3)23(33)20-12-17-13-27-24(29-22(17)32(19)20)28-21-6-5-18(14-26-21)31-9-4-7-25-8-10-31/h5-6,12-14,16,19,25H,4,7-11,15H2,1-3H3,(H,26,27,28,29)/t19-/m0/s1. The van der Waals surface area contributed by atoms with Gasteiger partial charge in [0, 0.05) is 44.8 Å². The van der Waals surface area contributed by atoms with Crippen molar-refractivity contribution < 1.29 is 4.79 Å². The van der Waals surface area contributed by atoms with E-state index in [0.717, 1.165) is 55.7 Å². The van der Waals surface area contributed by atoms with Gasteiger partial charge in [0.25, 0.3) is 5.91 Å². The summed E-state index contributed by atoms with van der Waals surface area (Å²) in [6.45, 7) is 9.18. The summed E-state index contributed by atoms with van der Waals surface area (Å²) >= 11 is 0. The van der Waals surface area contributed by atoms with Gasteiger partial charge in [-0.05, 0) is 43.5 Å². The van der Waals surface area contributed by atoms with E-state index in [9.17, 15) is 4.79 Å². The molecule has 9 nitrogen and oxygen atoms in total. The zero-order chi connectivity index (χ0) is 22.9. The third kappa shape index (κ3) is 4.37. The molecule has 0 bridgehead atoms. The molecule has 1 saturated heterocycles. The molecule has 5 rings (SSSR count). The number of rotatable bonds is 5. The van der Waals surface area contributed by atoms with Gasteiger partial charge >= 0.3 is 0 Å². The van der Waals surface area contributed by atoms with Gasteiger partial charge in [-0.3, -0.25) is 4.79 Å². The third-order valence-electron chi connectivity index (χ3n) is 6.43. The molecular formula is C24H32N8O. The summed E-state index contributed by atoms with van der Waals surface area (Å²) < 4.78 is 2.11. The number of nitrogens with zero attached hydrogens (tertiary/aromatic N) is 6. The first kappa shape index (κ1) is 21.6. The fraction of sp³-hybridized carbons (Fsp3) is 0.500. The first-order valence-corrected chi connectivity index (χ1v) is 11.8. The molecule has 0 unspecified atom stereocenters. The number of aromatic nitrogens is 4. The Hall–Kier alpha value is -3.20. The quantitative estimate of drug-likeness (QED) is 0.620. The van der Waals surface area contributed by atoms with Crippen LogP contribution in [0.15, 0.2) is 30.6 Å². The number of hydrogen-bond donors (Lipinski definition) is 2. The van der Waals surface area contributed by atoms with E-state index in [-0.39, 0.29) is 11.9 Å². The van der Waals surface area contributed by atoms with Gasteiger partial charge < -0.3 is 25.0 Å². The van der Waals surface area contributed by atoms with E-state index in [4.69, 9.17) is 4.98 Å². The van der Waals surface area contributed by atoms with Crippen molar-refractivity contribution in [3.8, 4) is 0 Å². The lowest BCUT2D eigenvalue weighted by atomic mass is 10.0. The molecule has 2 aliphatic rings. The maximum atomic E-state index is 12.8. The molecule has 0 radical (unpaired) electrons. The van der Waals surface area contributed by atoms with E-state index in [2.05, 4.69) is 50.0 Å². The molecule has 2 N–H and O–H groups in total. The molecule has 5 heterocycles. The van der Waals surface area contributed by atoms with Gasteiger partial charge in [0.1, 0.15) is 17.2 Å². The Morgan fingerprint density at radius 3 is 2.85 bits per heavy atom. The number of hydrogen-bond acceptors (Lipinski definition) is 7. The van der Waals surface area contributed by atoms with Crippen molar-refractivity contribution in [3.63, 3.8) is 0 Å². The Morgan fingerprint density at radius 1 is 1.18 bits per heavy atom. The molecule has 0 aromatic carbocycles. The van der Waals surface area contributed by atoms with E-state index in [1.807, 2.05) is 25.4 Å². The number of pyridine rings is 1. The van der Waals surface area contributed by atoms with Crippen molar-refractivity contribution in [3.05, 3.63) is 36.3 Å². The van der Waals surface area contributed by atoms with Gasteiger partial charge in [0.05, 0.1) is 17.9 Å². The molecule has 9 heteroatoms. The van der Waals surface area contributed by atoms with Gasteiger partial charge in [-0.25, -0.2) is 9.97 Å². The van der Waals surface area contributed by atoms with Crippen LogP contribution >= 0.6 is 0 Å². The molecule has 3 aromatic heterocycles. The Labute approximate surface area is 194 Å². The Kier molecular flexibility index (Phi) is 5.88. The highest BCUT2D eigenvalue weighted by atomic mass is 16.2. The average Bonchev–Trinajstić information content (AvgIpc) is 2.97. The van der Waals surface area contributed by atoms with Crippen molar-refractivity contribution in [1.29, 1.82) is 0 Å². The number of anilines is 3. The summed E-state index contributed by atoms with van der Waals surface area (Å²) in [6.07, 6.45) is 5.80. The number of nitrogens with one attached hydrogen (secondary N) is 2. The fourth-order valence-corrected chi connectivity index (χ4v) is 4.87.